The van der Waals surface area contributed by atoms with Gasteiger partial charge in [0.05, 0.1) is 18.3 Å². The number of halogens is 1. The molecule has 0 unspecified atom stereocenters. The Hall–Kier alpha value is -3.22. The van der Waals surface area contributed by atoms with E-state index < -0.39 is 0 Å². The molecule has 26 heavy (non-hydrogen) atoms. The SMILES string of the molecule is Cc1nccn1[C@@H](C)c1ccc(NC(=O)NCc2cc(F)ccn2)cc1. The van der Waals surface area contributed by atoms with E-state index in [2.05, 4.69) is 32.1 Å². The number of benzene rings is 1. The second-order valence-electron chi connectivity index (χ2n) is 5.95. The molecule has 2 N–H and O–H groups in total. The summed E-state index contributed by atoms with van der Waals surface area (Å²) in [5.41, 5.74) is 2.24. The van der Waals surface area contributed by atoms with Crippen LogP contribution in [0.3, 0.4) is 0 Å². The summed E-state index contributed by atoms with van der Waals surface area (Å²) in [6.07, 6.45) is 5.09. The maximum Gasteiger partial charge on any atom is 0.319 e. The van der Waals surface area contributed by atoms with Crippen LogP contribution in [0.5, 0.6) is 0 Å². The molecule has 0 saturated heterocycles. The first-order valence-corrected chi connectivity index (χ1v) is 8.27. The van der Waals surface area contributed by atoms with Crippen LogP contribution in [0.1, 0.15) is 30.0 Å². The molecule has 1 aromatic carbocycles. The van der Waals surface area contributed by atoms with Crippen molar-refractivity contribution in [1.82, 2.24) is 19.9 Å². The van der Waals surface area contributed by atoms with Gasteiger partial charge in [0.2, 0.25) is 0 Å². The highest BCUT2D eigenvalue weighted by Gasteiger charge is 2.10. The van der Waals surface area contributed by atoms with Gasteiger partial charge in [-0.3, -0.25) is 4.98 Å². The van der Waals surface area contributed by atoms with Crippen molar-refractivity contribution in [2.45, 2.75) is 26.4 Å². The summed E-state index contributed by atoms with van der Waals surface area (Å²) in [6, 6.07) is 9.95. The molecular weight excluding hydrogens is 333 g/mol. The van der Waals surface area contributed by atoms with Crippen LogP contribution >= 0.6 is 0 Å². The second-order valence-corrected chi connectivity index (χ2v) is 5.95. The molecule has 0 spiro atoms. The molecule has 1 atom stereocenters. The van der Waals surface area contributed by atoms with Gasteiger partial charge in [0.25, 0.3) is 0 Å². The Bertz CT molecular complexity index is 891. The summed E-state index contributed by atoms with van der Waals surface area (Å²) in [5.74, 6) is 0.570. The predicted molar refractivity (Wildman–Crippen MR) is 97.3 cm³/mol. The standard InChI is InChI=1S/C19H20FN5O/c1-13(25-10-9-21-14(25)2)15-3-5-17(6-4-15)24-19(26)23-12-18-11-16(20)7-8-22-18/h3-11,13H,12H2,1-2H3,(H2,23,24,26)/t13-/m0/s1. The predicted octanol–water partition coefficient (Wildman–Crippen LogP) is 3.66. The van der Waals surface area contributed by atoms with Crippen LogP contribution in [0.25, 0.3) is 0 Å². The summed E-state index contributed by atoms with van der Waals surface area (Å²) < 4.78 is 15.2. The van der Waals surface area contributed by atoms with Crippen LogP contribution < -0.4 is 10.6 Å². The number of carbonyl (C=O) groups excluding carboxylic acids is 1. The molecule has 0 aliphatic rings. The van der Waals surface area contributed by atoms with E-state index in [-0.39, 0.29) is 24.4 Å². The fourth-order valence-corrected chi connectivity index (χ4v) is 2.69. The second kappa shape index (κ2) is 7.77. The van der Waals surface area contributed by atoms with Crippen LogP contribution in [-0.4, -0.2) is 20.6 Å². The Morgan fingerprint density at radius 3 is 2.62 bits per heavy atom. The number of nitrogens with one attached hydrogen (secondary N) is 2. The number of rotatable bonds is 5. The lowest BCUT2D eigenvalue weighted by Crippen LogP contribution is -2.28. The summed E-state index contributed by atoms with van der Waals surface area (Å²) in [5, 5.41) is 5.40. The molecule has 6 nitrogen and oxygen atoms in total. The molecule has 2 aromatic heterocycles. The van der Waals surface area contributed by atoms with Gasteiger partial charge in [-0.05, 0) is 43.7 Å². The average molecular weight is 353 g/mol. The Kier molecular flexibility index (Phi) is 5.26. The highest BCUT2D eigenvalue weighted by molar-refractivity contribution is 5.89. The largest absolute Gasteiger partial charge is 0.332 e. The molecule has 0 aliphatic heterocycles. The molecule has 7 heteroatoms. The minimum absolute atomic E-state index is 0.151. The molecule has 3 rings (SSSR count). The zero-order chi connectivity index (χ0) is 18.5. The first-order valence-electron chi connectivity index (χ1n) is 8.27. The van der Waals surface area contributed by atoms with Crippen molar-refractivity contribution < 1.29 is 9.18 Å². The van der Waals surface area contributed by atoms with E-state index in [0.29, 0.717) is 11.4 Å². The quantitative estimate of drug-likeness (QED) is 0.735. The molecule has 0 fully saturated rings. The molecule has 0 radical (unpaired) electrons. The fraction of sp³-hybridized carbons (Fsp3) is 0.211. The number of anilines is 1. The average Bonchev–Trinajstić information content (AvgIpc) is 3.06. The minimum atomic E-state index is -0.380. The van der Waals surface area contributed by atoms with Crippen molar-refractivity contribution >= 4 is 11.7 Å². The van der Waals surface area contributed by atoms with Crippen molar-refractivity contribution in [3.8, 4) is 0 Å². The summed E-state index contributed by atoms with van der Waals surface area (Å²) >= 11 is 0. The van der Waals surface area contributed by atoms with E-state index in [4.69, 9.17) is 0 Å². The Balaban J connectivity index is 1.57. The third kappa shape index (κ3) is 4.24. The van der Waals surface area contributed by atoms with Gasteiger partial charge in [0, 0.05) is 24.3 Å². The van der Waals surface area contributed by atoms with Crippen molar-refractivity contribution in [2.24, 2.45) is 0 Å². The minimum Gasteiger partial charge on any atom is -0.332 e. The number of hydrogen-bond acceptors (Lipinski definition) is 3. The van der Waals surface area contributed by atoms with Gasteiger partial charge < -0.3 is 15.2 Å². The lowest BCUT2D eigenvalue weighted by atomic mass is 10.1. The van der Waals surface area contributed by atoms with E-state index in [1.807, 2.05) is 37.4 Å². The van der Waals surface area contributed by atoms with Crippen molar-refractivity contribution in [2.75, 3.05) is 5.32 Å². The summed E-state index contributed by atoms with van der Waals surface area (Å²) in [4.78, 5) is 20.2. The highest BCUT2D eigenvalue weighted by Crippen LogP contribution is 2.21. The van der Waals surface area contributed by atoms with Crippen LogP contribution in [-0.2, 0) is 6.54 Å². The molecule has 2 heterocycles. The Morgan fingerprint density at radius 1 is 1.19 bits per heavy atom. The van der Waals surface area contributed by atoms with Crippen LogP contribution in [0.15, 0.2) is 55.0 Å². The maximum atomic E-state index is 13.1. The number of hydrogen-bond donors (Lipinski definition) is 2. The number of imidazole rings is 1. The molecule has 0 saturated carbocycles. The highest BCUT2D eigenvalue weighted by atomic mass is 19.1. The first-order chi connectivity index (χ1) is 12.5. The molecule has 134 valence electrons. The normalized spacial score (nSPS) is 11.8. The van der Waals surface area contributed by atoms with E-state index in [0.717, 1.165) is 11.4 Å². The van der Waals surface area contributed by atoms with Gasteiger partial charge in [0.15, 0.2) is 0 Å². The van der Waals surface area contributed by atoms with Gasteiger partial charge in [-0.2, -0.15) is 0 Å². The number of urea groups is 1. The van der Waals surface area contributed by atoms with Gasteiger partial charge in [-0.15, -0.1) is 0 Å². The summed E-state index contributed by atoms with van der Waals surface area (Å²) in [6.45, 7) is 4.21. The maximum absolute atomic E-state index is 13.1. The van der Waals surface area contributed by atoms with E-state index in [9.17, 15) is 9.18 Å². The molecule has 0 aliphatic carbocycles. The van der Waals surface area contributed by atoms with Gasteiger partial charge >= 0.3 is 6.03 Å². The Morgan fingerprint density at radius 2 is 1.96 bits per heavy atom. The van der Waals surface area contributed by atoms with Crippen molar-refractivity contribution in [3.63, 3.8) is 0 Å². The topological polar surface area (TPSA) is 71.8 Å². The number of aryl methyl sites for hydroxylation is 1. The monoisotopic (exact) mass is 353 g/mol. The number of amides is 2. The smallest absolute Gasteiger partial charge is 0.319 e. The third-order valence-corrected chi connectivity index (χ3v) is 4.14. The van der Waals surface area contributed by atoms with Gasteiger partial charge in [0.1, 0.15) is 11.6 Å². The molecule has 3 aromatic rings. The van der Waals surface area contributed by atoms with Crippen molar-refractivity contribution in [3.05, 3.63) is 77.9 Å². The number of carbonyl (C=O) groups is 1. The van der Waals surface area contributed by atoms with Crippen LogP contribution in [0.4, 0.5) is 14.9 Å². The van der Waals surface area contributed by atoms with Crippen LogP contribution in [0.2, 0.25) is 0 Å². The number of pyridine rings is 1. The van der Waals surface area contributed by atoms with Crippen molar-refractivity contribution in [1.29, 1.82) is 0 Å². The van der Waals surface area contributed by atoms with Crippen LogP contribution in [0, 0.1) is 12.7 Å². The van der Waals surface area contributed by atoms with E-state index in [1.54, 1.807) is 6.20 Å². The fourth-order valence-electron chi connectivity index (χ4n) is 2.69. The third-order valence-electron chi connectivity index (χ3n) is 4.14. The van der Waals surface area contributed by atoms with Gasteiger partial charge in [-0.1, -0.05) is 12.1 Å². The summed E-state index contributed by atoms with van der Waals surface area (Å²) in [7, 11) is 0. The zero-order valence-electron chi connectivity index (χ0n) is 14.6. The molecule has 2 amide bonds. The Labute approximate surface area is 151 Å². The first kappa shape index (κ1) is 17.6. The number of aromatic nitrogens is 3. The zero-order valence-corrected chi connectivity index (χ0v) is 14.6. The van der Waals surface area contributed by atoms with E-state index >= 15 is 0 Å². The lowest BCUT2D eigenvalue weighted by Gasteiger charge is -2.16. The van der Waals surface area contributed by atoms with E-state index in [1.165, 1.54) is 18.3 Å². The molecular formula is C19H20FN5O. The lowest BCUT2D eigenvalue weighted by molar-refractivity contribution is 0.251. The van der Waals surface area contributed by atoms with Gasteiger partial charge in [-0.25, -0.2) is 14.2 Å². The number of nitrogens with zero attached hydrogens (tertiary/aromatic N) is 3. The molecule has 0 bridgehead atoms.